The van der Waals surface area contributed by atoms with Crippen LogP contribution >= 0.6 is 0 Å². The minimum Gasteiger partial charge on any atom is -0.326 e. The van der Waals surface area contributed by atoms with Crippen LogP contribution in [0, 0.1) is 5.92 Å². The van der Waals surface area contributed by atoms with E-state index in [0.717, 1.165) is 51.9 Å². The Bertz CT molecular complexity index is 300. The summed E-state index contributed by atoms with van der Waals surface area (Å²) in [7, 11) is 0. The predicted molar refractivity (Wildman–Crippen MR) is 103 cm³/mol. The van der Waals surface area contributed by atoms with Crippen LogP contribution in [0.4, 0.5) is 0 Å². The molecular weight excluding hydrogens is 300 g/mol. The minimum atomic E-state index is -0.141. The molecule has 0 amide bonds. The molecule has 6 heteroatoms. The van der Waals surface area contributed by atoms with Gasteiger partial charge in [-0.1, -0.05) is 0 Å². The van der Waals surface area contributed by atoms with Gasteiger partial charge in [-0.15, -0.1) is 0 Å². The number of nitrogens with one attached hydrogen (secondary N) is 1. The third kappa shape index (κ3) is 10.6. The Morgan fingerprint density at radius 1 is 0.750 bits per heavy atom. The van der Waals surface area contributed by atoms with E-state index < -0.39 is 0 Å². The van der Waals surface area contributed by atoms with Crippen molar-refractivity contribution in [3.63, 3.8) is 0 Å². The Labute approximate surface area is 149 Å². The number of hydrogen-bond donors (Lipinski definition) is 4. The number of hydrogen-bond acceptors (Lipinski definition) is 6. The fourth-order valence-corrected chi connectivity index (χ4v) is 2.85. The van der Waals surface area contributed by atoms with Gasteiger partial charge in [0.1, 0.15) is 0 Å². The van der Waals surface area contributed by atoms with Crippen LogP contribution in [0.25, 0.3) is 0 Å². The Balaban J connectivity index is 2.60. The Kier molecular flexibility index (Phi) is 7.66. The van der Waals surface area contributed by atoms with Gasteiger partial charge in [-0.05, 0) is 73.1 Å². The topological polar surface area (TPSA) is 96.6 Å². The molecule has 0 aromatic rings. The number of nitrogens with two attached hydrogens (primary N) is 3. The second-order valence-electron chi connectivity index (χ2n) is 9.86. The minimum absolute atomic E-state index is 0.0982. The molecule has 144 valence electrons. The van der Waals surface area contributed by atoms with Gasteiger partial charge in [0, 0.05) is 42.8 Å². The summed E-state index contributed by atoms with van der Waals surface area (Å²) in [5, 5.41) is 4.63. The quantitative estimate of drug-likeness (QED) is 0.506. The molecule has 1 aliphatic rings. The monoisotopic (exact) mass is 342 g/mol. The first-order valence-electron chi connectivity index (χ1n) is 9.36. The summed E-state index contributed by atoms with van der Waals surface area (Å²) < 4.78 is 0. The summed E-state index contributed by atoms with van der Waals surface area (Å²) in [5.41, 5.74) is 21.7. The SMILES string of the molecule is CC(C)(N)CCC1CN(CCC(C)(C)N)NN(CCC(C)(C)N)C1. The van der Waals surface area contributed by atoms with E-state index in [9.17, 15) is 0 Å². The molecule has 24 heavy (non-hydrogen) atoms. The molecular formula is C18H42N6. The van der Waals surface area contributed by atoms with E-state index in [1.165, 1.54) is 0 Å². The molecule has 1 fully saturated rings. The Morgan fingerprint density at radius 3 is 1.46 bits per heavy atom. The van der Waals surface area contributed by atoms with Crippen LogP contribution < -0.4 is 22.7 Å². The molecule has 0 aromatic carbocycles. The van der Waals surface area contributed by atoms with Crippen LogP contribution in [0.15, 0.2) is 0 Å². The molecule has 0 unspecified atom stereocenters. The molecule has 6 nitrogen and oxygen atoms in total. The van der Waals surface area contributed by atoms with Gasteiger partial charge < -0.3 is 17.2 Å². The zero-order valence-corrected chi connectivity index (χ0v) is 16.9. The van der Waals surface area contributed by atoms with Gasteiger partial charge >= 0.3 is 0 Å². The van der Waals surface area contributed by atoms with Crippen molar-refractivity contribution < 1.29 is 0 Å². The van der Waals surface area contributed by atoms with Crippen LogP contribution in [0.1, 0.15) is 67.2 Å². The van der Waals surface area contributed by atoms with Gasteiger partial charge in [0.05, 0.1) is 0 Å². The van der Waals surface area contributed by atoms with Crippen molar-refractivity contribution in [1.29, 1.82) is 0 Å². The van der Waals surface area contributed by atoms with Gasteiger partial charge in [-0.2, -0.15) is 5.53 Å². The fraction of sp³-hybridized carbons (Fsp3) is 1.00. The largest absolute Gasteiger partial charge is 0.326 e. The van der Waals surface area contributed by atoms with Gasteiger partial charge in [0.25, 0.3) is 0 Å². The van der Waals surface area contributed by atoms with Crippen LogP contribution in [0.5, 0.6) is 0 Å². The van der Waals surface area contributed by atoms with Crippen molar-refractivity contribution in [1.82, 2.24) is 15.6 Å². The van der Waals surface area contributed by atoms with Gasteiger partial charge in [-0.25, -0.2) is 10.0 Å². The van der Waals surface area contributed by atoms with E-state index in [-0.39, 0.29) is 16.6 Å². The average Bonchev–Trinajstić information content (AvgIpc) is 2.38. The Hall–Kier alpha value is -0.240. The third-order valence-electron chi connectivity index (χ3n) is 4.49. The summed E-state index contributed by atoms with van der Waals surface area (Å²) in [6, 6.07) is 0. The lowest BCUT2D eigenvalue weighted by molar-refractivity contribution is -0.0512. The van der Waals surface area contributed by atoms with Crippen molar-refractivity contribution in [2.75, 3.05) is 26.2 Å². The smallest absolute Gasteiger partial charge is 0.0185 e. The summed E-state index contributed by atoms with van der Waals surface area (Å²) >= 11 is 0. The van der Waals surface area contributed by atoms with Crippen molar-refractivity contribution in [2.24, 2.45) is 23.1 Å². The number of rotatable bonds is 9. The van der Waals surface area contributed by atoms with E-state index in [0.29, 0.717) is 5.92 Å². The van der Waals surface area contributed by atoms with E-state index in [1.807, 2.05) is 0 Å². The van der Waals surface area contributed by atoms with E-state index in [2.05, 4.69) is 57.1 Å². The Morgan fingerprint density at radius 2 is 1.12 bits per heavy atom. The highest BCUT2D eigenvalue weighted by molar-refractivity contribution is 4.81. The molecule has 1 saturated heterocycles. The highest BCUT2D eigenvalue weighted by atomic mass is 15.8. The molecule has 0 saturated carbocycles. The molecule has 0 spiro atoms. The first-order valence-corrected chi connectivity index (χ1v) is 9.36. The summed E-state index contributed by atoms with van der Waals surface area (Å²) in [5.74, 6) is 0.621. The van der Waals surface area contributed by atoms with Crippen molar-refractivity contribution >= 4 is 0 Å². The lowest BCUT2D eigenvalue weighted by atomic mass is 9.92. The van der Waals surface area contributed by atoms with Gasteiger partial charge in [0.15, 0.2) is 0 Å². The predicted octanol–water partition coefficient (Wildman–Crippen LogP) is 1.41. The molecule has 0 aromatic heterocycles. The van der Waals surface area contributed by atoms with Crippen LogP contribution in [-0.4, -0.2) is 52.8 Å². The lowest BCUT2D eigenvalue weighted by Crippen LogP contribution is -2.60. The maximum atomic E-state index is 6.18. The van der Waals surface area contributed by atoms with E-state index in [1.54, 1.807) is 0 Å². The van der Waals surface area contributed by atoms with Crippen molar-refractivity contribution in [2.45, 2.75) is 83.8 Å². The van der Waals surface area contributed by atoms with Crippen LogP contribution in [0.3, 0.4) is 0 Å². The molecule has 0 atom stereocenters. The molecule has 0 radical (unpaired) electrons. The average molecular weight is 343 g/mol. The molecule has 1 rings (SSSR count). The van der Waals surface area contributed by atoms with Crippen molar-refractivity contribution in [3.8, 4) is 0 Å². The second kappa shape index (κ2) is 8.43. The maximum absolute atomic E-state index is 6.18. The molecule has 1 heterocycles. The van der Waals surface area contributed by atoms with Gasteiger partial charge in [0.2, 0.25) is 0 Å². The molecule has 0 bridgehead atoms. The fourth-order valence-electron chi connectivity index (χ4n) is 2.85. The third-order valence-corrected chi connectivity index (χ3v) is 4.49. The zero-order chi connectivity index (χ0) is 18.6. The zero-order valence-electron chi connectivity index (χ0n) is 16.9. The van der Waals surface area contributed by atoms with E-state index in [4.69, 9.17) is 17.2 Å². The summed E-state index contributed by atoms with van der Waals surface area (Å²) in [4.78, 5) is 0. The molecule has 0 aliphatic carbocycles. The second-order valence-corrected chi connectivity index (χ2v) is 9.86. The van der Waals surface area contributed by atoms with Gasteiger partial charge in [-0.3, -0.25) is 0 Å². The number of nitrogens with zero attached hydrogens (tertiary/aromatic N) is 2. The van der Waals surface area contributed by atoms with E-state index >= 15 is 0 Å². The maximum Gasteiger partial charge on any atom is 0.0185 e. The standard InChI is InChI=1S/C18H42N6/c1-16(2,19)8-7-15-13-23(11-9-17(3,4)20)22-24(14-15)12-10-18(5,6)21/h15,22H,7-14,19-21H2,1-6H3. The van der Waals surface area contributed by atoms with Crippen LogP contribution in [-0.2, 0) is 0 Å². The summed E-state index contributed by atoms with van der Waals surface area (Å²) in [6.07, 6.45) is 4.12. The highest BCUT2D eigenvalue weighted by Gasteiger charge is 2.28. The highest BCUT2D eigenvalue weighted by Crippen LogP contribution is 2.20. The normalized spacial score (nSPS) is 19.9. The lowest BCUT2D eigenvalue weighted by Gasteiger charge is -2.42. The molecule has 7 N–H and O–H groups in total. The van der Waals surface area contributed by atoms with Crippen LogP contribution in [0.2, 0.25) is 0 Å². The molecule has 1 aliphatic heterocycles. The number of hydrazine groups is 2. The van der Waals surface area contributed by atoms with Crippen molar-refractivity contribution in [3.05, 3.63) is 0 Å². The first kappa shape index (κ1) is 21.8. The summed E-state index contributed by atoms with van der Waals surface area (Å²) in [6.45, 7) is 16.6. The first-order chi connectivity index (χ1) is 10.7.